The molecule has 0 radical (unpaired) electrons. The predicted molar refractivity (Wildman–Crippen MR) is 71.4 cm³/mol. The first kappa shape index (κ1) is 11.4. The Morgan fingerprint density at radius 1 is 0.875 bits per heavy atom. The molecular formula is C15H16Se. The molecule has 0 spiro atoms. The molecule has 1 atom stereocenters. The summed E-state index contributed by atoms with van der Waals surface area (Å²) in [6, 6.07) is 19.7. The molecule has 0 heterocycles. The van der Waals surface area contributed by atoms with Gasteiger partial charge in [0, 0.05) is 0 Å². The third kappa shape index (κ3) is 2.98. The molecule has 0 saturated heterocycles. The Kier molecular flexibility index (Phi) is 3.82. The summed E-state index contributed by atoms with van der Waals surface area (Å²) in [7, 11) is 0. The second-order valence-corrected chi connectivity index (χ2v) is 6.95. The monoisotopic (exact) mass is 276 g/mol. The van der Waals surface area contributed by atoms with Gasteiger partial charge in [-0.05, 0) is 0 Å². The van der Waals surface area contributed by atoms with E-state index in [-0.39, 0.29) is 0 Å². The van der Waals surface area contributed by atoms with Gasteiger partial charge in [-0.25, -0.2) is 0 Å². The van der Waals surface area contributed by atoms with Gasteiger partial charge in [0.05, 0.1) is 0 Å². The molecule has 0 N–H and O–H groups in total. The molecule has 82 valence electrons. The van der Waals surface area contributed by atoms with E-state index in [2.05, 4.69) is 68.4 Å². The fraction of sp³-hybridized carbons (Fsp3) is 0.200. The average molecular weight is 275 g/mol. The molecule has 0 aliphatic rings. The van der Waals surface area contributed by atoms with E-state index in [1.807, 2.05) is 0 Å². The second-order valence-electron chi connectivity index (χ2n) is 3.98. The van der Waals surface area contributed by atoms with Crippen molar-refractivity contribution in [1.29, 1.82) is 0 Å². The van der Waals surface area contributed by atoms with Gasteiger partial charge in [0.25, 0.3) is 0 Å². The number of hydrogen-bond donors (Lipinski definition) is 0. The van der Waals surface area contributed by atoms with Crippen molar-refractivity contribution < 1.29 is 0 Å². The van der Waals surface area contributed by atoms with Crippen molar-refractivity contribution in [2.24, 2.45) is 0 Å². The summed E-state index contributed by atoms with van der Waals surface area (Å²) >= 11 is 0.524. The predicted octanol–water partition coefficient (Wildman–Crippen LogP) is 3.09. The summed E-state index contributed by atoms with van der Waals surface area (Å²) in [5, 5.41) is 0. The van der Waals surface area contributed by atoms with Crippen LogP contribution in [0, 0.1) is 6.92 Å². The molecule has 0 aliphatic heterocycles. The third-order valence-electron chi connectivity index (χ3n) is 2.60. The number of aryl methyl sites for hydroxylation is 1. The van der Waals surface area contributed by atoms with Crippen LogP contribution < -0.4 is 4.46 Å². The molecule has 0 bridgehead atoms. The van der Waals surface area contributed by atoms with Crippen LogP contribution in [0.3, 0.4) is 0 Å². The molecule has 1 heteroatoms. The molecule has 2 rings (SSSR count). The van der Waals surface area contributed by atoms with Gasteiger partial charge < -0.3 is 0 Å². The van der Waals surface area contributed by atoms with Gasteiger partial charge in [0.15, 0.2) is 0 Å². The molecule has 2 aromatic rings. The topological polar surface area (TPSA) is 0 Å². The first-order valence-corrected chi connectivity index (χ1v) is 7.38. The molecule has 0 aliphatic carbocycles. The summed E-state index contributed by atoms with van der Waals surface area (Å²) in [6.45, 7) is 4.45. The first-order chi connectivity index (χ1) is 7.75. The Labute approximate surface area is 104 Å². The Morgan fingerprint density at radius 3 is 2.12 bits per heavy atom. The van der Waals surface area contributed by atoms with E-state index in [0.29, 0.717) is 19.8 Å². The summed E-state index contributed by atoms with van der Waals surface area (Å²) in [4.78, 5) is 0.649. The van der Waals surface area contributed by atoms with Crippen molar-refractivity contribution in [3.63, 3.8) is 0 Å². The van der Waals surface area contributed by atoms with Gasteiger partial charge in [-0.2, -0.15) is 0 Å². The third-order valence-corrected chi connectivity index (χ3v) is 5.06. The van der Waals surface area contributed by atoms with Crippen molar-refractivity contribution >= 4 is 19.4 Å². The number of rotatable bonds is 3. The molecular weight excluding hydrogens is 259 g/mol. The summed E-state index contributed by atoms with van der Waals surface area (Å²) in [5.74, 6) is 0. The zero-order valence-corrected chi connectivity index (χ0v) is 11.4. The van der Waals surface area contributed by atoms with Crippen molar-refractivity contribution in [3.8, 4) is 0 Å². The maximum atomic E-state index is 2.32. The molecule has 2 aromatic carbocycles. The van der Waals surface area contributed by atoms with Crippen LogP contribution in [0.4, 0.5) is 0 Å². The Hall–Kier alpha value is -1.04. The van der Waals surface area contributed by atoms with Crippen LogP contribution in [-0.4, -0.2) is 15.0 Å². The molecule has 0 aromatic heterocycles. The second kappa shape index (κ2) is 5.34. The fourth-order valence-electron chi connectivity index (χ4n) is 1.61. The van der Waals surface area contributed by atoms with Crippen LogP contribution >= 0.6 is 0 Å². The van der Waals surface area contributed by atoms with Crippen LogP contribution in [0.2, 0.25) is 0 Å². The summed E-state index contributed by atoms with van der Waals surface area (Å²) in [6.07, 6.45) is 0. The summed E-state index contributed by atoms with van der Waals surface area (Å²) in [5.41, 5.74) is 2.79. The van der Waals surface area contributed by atoms with Gasteiger partial charge >= 0.3 is 104 Å². The maximum absolute atomic E-state index is 2.32. The molecule has 0 amide bonds. The Bertz CT molecular complexity index is 431. The van der Waals surface area contributed by atoms with E-state index >= 15 is 0 Å². The molecule has 0 fully saturated rings. The van der Waals surface area contributed by atoms with Gasteiger partial charge in [-0.1, -0.05) is 0 Å². The van der Waals surface area contributed by atoms with Crippen LogP contribution in [0.15, 0.2) is 54.6 Å². The fourth-order valence-corrected chi connectivity index (χ4v) is 3.74. The first-order valence-electron chi connectivity index (χ1n) is 5.54. The van der Waals surface area contributed by atoms with Crippen molar-refractivity contribution in [2.75, 3.05) is 0 Å². The van der Waals surface area contributed by atoms with Crippen molar-refractivity contribution in [1.82, 2.24) is 0 Å². The van der Waals surface area contributed by atoms with Gasteiger partial charge in [0.1, 0.15) is 0 Å². The molecule has 0 nitrogen and oxygen atoms in total. The van der Waals surface area contributed by atoms with Gasteiger partial charge in [0.2, 0.25) is 0 Å². The van der Waals surface area contributed by atoms with Crippen LogP contribution in [0.1, 0.15) is 22.9 Å². The van der Waals surface area contributed by atoms with E-state index in [1.165, 1.54) is 15.6 Å². The minimum absolute atomic E-state index is 0.524. The SMILES string of the molecule is Cc1ccc(C(C)[Se]c2ccccc2)cc1. The van der Waals surface area contributed by atoms with Crippen molar-refractivity contribution in [2.45, 2.75) is 18.7 Å². The standard InChI is InChI=1S/C15H16Se/c1-12-8-10-14(11-9-12)13(2)16-15-6-4-3-5-7-15/h3-11,13H,1-2H3. The molecule has 16 heavy (non-hydrogen) atoms. The van der Waals surface area contributed by atoms with E-state index in [4.69, 9.17) is 0 Å². The van der Waals surface area contributed by atoms with Gasteiger partial charge in [-0.3, -0.25) is 0 Å². The summed E-state index contributed by atoms with van der Waals surface area (Å²) < 4.78 is 1.48. The minimum atomic E-state index is 0.524. The van der Waals surface area contributed by atoms with Crippen molar-refractivity contribution in [3.05, 3.63) is 65.7 Å². The molecule has 0 saturated carbocycles. The zero-order valence-electron chi connectivity index (χ0n) is 9.68. The van der Waals surface area contributed by atoms with Gasteiger partial charge in [-0.15, -0.1) is 0 Å². The van der Waals surface area contributed by atoms with Crippen LogP contribution in [0.25, 0.3) is 0 Å². The van der Waals surface area contributed by atoms with Crippen LogP contribution in [-0.2, 0) is 0 Å². The van der Waals surface area contributed by atoms with E-state index in [0.717, 1.165) is 0 Å². The normalized spacial score (nSPS) is 12.4. The van der Waals surface area contributed by atoms with E-state index < -0.39 is 0 Å². The Balaban J connectivity index is 2.09. The molecule has 1 unspecified atom stereocenters. The quantitative estimate of drug-likeness (QED) is 0.755. The van der Waals surface area contributed by atoms with E-state index in [1.54, 1.807) is 0 Å². The number of benzene rings is 2. The average Bonchev–Trinajstić information content (AvgIpc) is 2.31. The number of hydrogen-bond acceptors (Lipinski definition) is 0. The Morgan fingerprint density at radius 2 is 1.50 bits per heavy atom. The zero-order chi connectivity index (χ0) is 11.4. The van der Waals surface area contributed by atoms with Crippen LogP contribution in [0.5, 0.6) is 0 Å². The van der Waals surface area contributed by atoms with E-state index in [9.17, 15) is 0 Å².